The van der Waals surface area contributed by atoms with Gasteiger partial charge in [0.05, 0.1) is 6.10 Å². The topological polar surface area (TPSA) is 32.3 Å². The van der Waals surface area contributed by atoms with Crippen molar-refractivity contribution in [2.45, 2.75) is 39.3 Å². The molecule has 2 nitrogen and oxygen atoms in total. The number of aliphatic hydroxyl groups is 1. The van der Waals surface area contributed by atoms with E-state index >= 15 is 0 Å². The highest BCUT2D eigenvalue weighted by Crippen LogP contribution is 2.42. The number of hydrogen-bond acceptors (Lipinski definition) is 2. The Bertz CT molecular complexity index is 403. The van der Waals surface area contributed by atoms with Crippen LogP contribution in [0.15, 0.2) is 22.7 Å². The Labute approximate surface area is 105 Å². The van der Waals surface area contributed by atoms with Crippen molar-refractivity contribution in [3.8, 4) is 0 Å². The number of aryl methyl sites for hydroxylation is 1. The number of rotatable bonds is 2. The van der Waals surface area contributed by atoms with E-state index in [1.165, 1.54) is 5.56 Å². The number of nitrogens with one attached hydrogen (secondary N) is 1. The standard InChI is InChI=1S/C13H18BrNO/c1-8-4-5-9(6-10(8)14)15-11-7-12(16)13(11,2)3/h4-6,11-12,15-16H,7H2,1-3H3. The highest BCUT2D eigenvalue weighted by atomic mass is 79.9. The minimum absolute atomic E-state index is 0.0304. The molecule has 0 saturated heterocycles. The van der Waals surface area contributed by atoms with Crippen molar-refractivity contribution in [1.29, 1.82) is 0 Å². The lowest BCUT2D eigenvalue weighted by molar-refractivity contribution is -0.0510. The van der Waals surface area contributed by atoms with Crippen LogP contribution in [0.4, 0.5) is 5.69 Å². The van der Waals surface area contributed by atoms with Crippen molar-refractivity contribution in [2.24, 2.45) is 5.41 Å². The summed E-state index contributed by atoms with van der Waals surface area (Å²) < 4.78 is 1.12. The Hall–Kier alpha value is -0.540. The lowest BCUT2D eigenvalue weighted by Gasteiger charge is -2.49. The van der Waals surface area contributed by atoms with E-state index in [1.807, 2.05) is 0 Å². The van der Waals surface area contributed by atoms with E-state index in [0.717, 1.165) is 16.6 Å². The first-order valence-corrected chi connectivity index (χ1v) is 6.41. The van der Waals surface area contributed by atoms with Crippen LogP contribution in [0.25, 0.3) is 0 Å². The van der Waals surface area contributed by atoms with Gasteiger partial charge in [-0.1, -0.05) is 35.8 Å². The summed E-state index contributed by atoms with van der Waals surface area (Å²) in [6, 6.07) is 6.63. The van der Waals surface area contributed by atoms with Crippen molar-refractivity contribution in [3.63, 3.8) is 0 Å². The maximum absolute atomic E-state index is 9.67. The lowest BCUT2D eigenvalue weighted by atomic mass is 9.64. The molecule has 1 aliphatic carbocycles. The van der Waals surface area contributed by atoms with Crippen molar-refractivity contribution < 1.29 is 5.11 Å². The number of anilines is 1. The molecule has 1 aliphatic rings. The zero-order valence-electron chi connectivity index (χ0n) is 9.92. The molecule has 88 valence electrons. The quantitative estimate of drug-likeness (QED) is 0.873. The molecule has 1 aromatic rings. The SMILES string of the molecule is Cc1ccc(NC2CC(O)C2(C)C)cc1Br. The van der Waals surface area contributed by atoms with Crippen molar-refractivity contribution in [1.82, 2.24) is 0 Å². The van der Waals surface area contributed by atoms with E-state index in [4.69, 9.17) is 0 Å². The van der Waals surface area contributed by atoms with Gasteiger partial charge in [-0.25, -0.2) is 0 Å². The molecule has 0 spiro atoms. The minimum Gasteiger partial charge on any atom is -0.392 e. The number of halogens is 1. The summed E-state index contributed by atoms with van der Waals surface area (Å²) in [6.07, 6.45) is 0.650. The van der Waals surface area contributed by atoms with Crippen molar-refractivity contribution in [3.05, 3.63) is 28.2 Å². The molecule has 2 unspecified atom stereocenters. The Balaban J connectivity index is 2.08. The third-order valence-electron chi connectivity index (χ3n) is 3.73. The van der Waals surface area contributed by atoms with Gasteiger partial charge >= 0.3 is 0 Å². The minimum atomic E-state index is -0.182. The molecule has 0 heterocycles. The van der Waals surface area contributed by atoms with Gasteiger partial charge in [-0.15, -0.1) is 0 Å². The largest absolute Gasteiger partial charge is 0.392 e. The normalized spacial score (nSPS) is 27.3. The molecule has 0 bridgehead atoms. The molecular weight excluding hydrogens is 266 g/mol. The highest BCUT2D eigenvalue weighted by Gasteiger charge is 2.47. The van der Waals surface area contributed by atoms with Gasteiger partial charge in [0, 0.05) is 21.6 Å². The molecule has 2 N–H and O–H groups in total. The molecular formula is C13H18BrNO. The number of hydrogen-bond donors (Lipinski definition) is 2. The number of aliphatic hydroxyl groups excluding tert-OH is 1. The van der Waals surface area contributed by atoms with E-state index in [0.29, 0.717) is 6.04 Å². The summed E-state index contributed by atoms with van der Waals surface area (Å²) in [4.78, 5) is 0. The monoisotopic (exact) mass is 283 g/mol. The van der Waals surface area contributed by atoms with Gasteiger partial charge in [0.1, 0.15) is 0 Å². The van der Waals surface area contributed by atoms with Crippen LogP contribution in [0, 0.1) is 12.3 Å². The first kappa shape index (κ1) is 11.9. The molecule has 1 fully saturated rings. The maximum atomic E-state index is 9.67. The molecule has 2 atom stereocenters. The first-order chi connectivity index (χ1) is 7.41. The second kappa shape index (κ2) is 4.04. The van der Waals surface area contributed by atoms with Crippen LogP contribution in [0.2, 0.25) is 0 Å². The van der Waals surface area contributed by atoms with Gasteiger partial charge in [0.15, 0.2) is 0 Å². The predicted octanol–water partition coefficient (Wildman–Crippen LogP) is 3.33. The molecule has 16 heavy (non-hydrogen) atoms. The third-order valence-corrected chi connectivity index (χ3v) is 4.58. The predicted molar refractivity (Wildman–Crippen MR) is 70.7 cm³/mol. The molecule has 2 rings (SSSR count). The van der Waals surface area contributed by atoms with Crippen LogP contribution in [0.5, 0.6) is 0 Å². The van der Waals surface area contributed by atoms with Crippen molar-refractivity contribution >= 4 is 21.6 Å². The summed E-state index contributed by atoms with van der Waals surface area (Å²) in [7, 11) is 0. The second-order valence-corrected chi connectivity index (χ2v) is 6.09. The van der Waals surface area contributed by atoms with Gasteiger partial charge in [-0.2, -0.15) is 0 Å². The fraction of sp³-hybridized carbons (Fsp3) is 0.538. The Morgan fingerprint density at radius 1 is 1.44 bits per heavy atom. The smallest absolute Gasteiger partial charge is 0.0630 e. The molecule has 1 saturated carbocycles. The Morgan fingerprint density at radius 2 is 2.12 bits per heavy atom. The van der Waals surface area contributed by atoms with Gasteiger partial charge in [0.2, 0.25) is 0 Å². The van der Waals surface area contributed by atoms with Crippen LogP contribution in [-0.2, 0) is 0 Å². The van der Waals surface area contributed by atoms with Crippen LogP contribution >= 0.6 is 15.9 Å². The maximum Gasteiger partial charge on any atom is 0.0630 e. The van der Waals surface area contributed by atoms with Crippen molar-refractivity contribution in [2.75, 3.05) is 5.32 Å². The Morgan fingerprint density at radius 3 is 2.62 bits per heavy atom. The van der Waals surface area contributed by atoms with Gasteiger partial charge in [-0.05, 0) is 31.0 Å². The van der Waals surface area contributed by atoms with E-state index in [2.05, 4.69) is 60.2 Å². The molecule has 3 heteroatoms. The molecule has 0 radical (unpaired) electrons. The molecule has 0 amide bonds. The van der Waals surface area contributed by atoms with Crippen LogP contribution in [0.1, 0.15) is 25.8 Å². The summed E-state index contributed by atoms with van der Waals surface area (Å²) in [5.41, 5.74) is 2.32. The van der Waals surface area contributed by atoms with Gasteiger partial charge in [0.25, 0.3) is 0 Å². The van der Waals surface area contributed by atoms with Crippen LogP contribution in [0.3, 0.4) is 0 Å². The average Bonchev–Trinajstić information content (AvgIpc) is 2.23. The van der Waals surface area contributed by atoms with E-state index in [1.54, 1.807) is 0 Å². The zero-order chi connectivity index (χ0) is 11.9. The van der Waals surface area contributed by atoms with Crippen LogP contribution in [-0.4, -0.2) is 17.3 Å². The molecule has 0 aromatic heterocycles. The summed E-state index contributed by atoms with van der Waals surface area (Å²) in [5.74, 6) is 0. The van der Waals surface area contributed by atoms with E-state index in [9.17, 15) is 5.11 Å². The fourth-order valence-corrected chi connectivity index (χ4v) is 2.41. The van der Waals surface area contributed by atoms with Gasteiger partial charge < -0.3 is 10.4 Å². The van der Waals surface area contributed by atoms with Crippen LogP contribution < -0.4 is 5.32 Å². The molecule has 0 aliphatic heterocycles. The number of benzene rings is 1. The van der Waals surface area contributed by atoms with E-state index in [-0.39, 0.29) is 11.5 Å². The van der Waals surface area contributed by atoms with E-state index < -0.39 is 0 Å². The summed E-state index contributed by atoms with van der Waals surface area (Å²) in [5, 5.41) is 13.2. The average molecular weight is 284 g/mol. The lowest BCUT2D eigenvalue weighted by Crippen LogP contribution is -2.56. The molecule has 1 aromatic carbocycles. The summed E-state index contributed by atoms with van der Waals surface area (Å²) >= 11 is 3.53. The second-order valence-electron chi connectivity index (χ2n) is 5.23. The first-order valence-electron chi connectivity index (χ1n) is 5.62. The van der Waals surface area contributed by atoms with Gasteiger partial charge in [-0.3, -0.25) is 0 Å². The zero-order valence-corrected chi connectivity index (χ0v) is 11.5. The Kier molecular flexibility index (Phi) is 3.01. The third kappa shape index (κ3) is 1.98. The highest BCUT2D eigenvalue weighted by molar-refractivity contribution is 9.10. The summed E-state index contributed by atoms with van der Waals surface area (Å²) in [6.45, 7) is 6.27. The fourth-order valence-electron chi connectivity index (χ4n) is 2.03.